The highest BCUT2D eigenvalue weighted by Crippen LogP contribution is 2.27. The third-order valence-electron chi connectivity index (χ3n) is 5.52. The number of hydrogen-bond acceptors (Lipinski definition) is 6. The van der Waals surface area contributed by atoms with Crippen LogP contribution in [0.4, 0.5) is 0 Å². The second-order valence-electron chi connectivity index (χ2n) is 8.14. The second kappa shape index (κ2) is 13.7. The molecule has 0 fully saturated rings. The molecule has 0 unspecified atom stereocenters. The van der Waals surface area contributed by atoms with Crippen LogP contribution >= 0.6 is 11.6 Å². The lowest BCUT2D eigenvalue weighted by Crippen LogP contribution is -2.41. The fourth-order valence-corrected chi connectivity index (χ4v) is 3.86. The summed E-state index contributed by atoms with van der Waals surface area (Å²) < 4.78 is 16.9. The smallest absolute Gasteiger partial charge is 0.271 e. The number of nitrogens with one attached hydrogen (secondary N) is 2. The Morgan fingerprint density at radius 1 is 1.06 bits per heavy atom. The second-order valence-corrected chi connectivity index (χ2v) is 8.58. The van der Waals surface area contributed by atoms with Crippen molar-refractivity contribution in [3.63, 3.8) is 0 Å². The molecule has 2 amide bonds. The van der Waals surface area contributed by atoms with Crippen molar-refractivity contribution in [1.82, 2.24) is 15.5 Å². The highest BCUT2D eigenvalue weighted by Gasteiger charge is 2.30. The molecule has 0 aliphatic carbocycles. The Hall–Kier alpha value is -3.33. The minimum Gasteiger partial charge on any atom is -0.490 e. The largest absolute Gasteiger partial charge is 0.490 e. The number of amides is 2. The molecule has 192 valence electrons. The summed E-state index contributed by atoms with van der Waals surface area (Å²) in [6, 6.07) is 17.0. The van der Waals surface area contributed by atoms with Crippen molar-refractivity contribution >= 4 is 23.4 Å². The Labute approximate surface area is 216 Å². The Morgan fingerprint density at radius 3 is 2.44 bits per heavy atom. The number of nitrogens with zero attached hydrogens (tertiary/aromatic N) is 1. The van der Waals surface area contributed by atoms with Crippen molar-refractivity contribution < 1.29 is 23.8 Å². The molecular weight excluding hydrogens is 482 g/mol. The Bertz CT molecular complexity index is 1100. The van der Waals surface area contributed by atoms with Crippen molar-refractivity contribution in [3.8, 4) is 0 Å². The van der Waals surface area contributed by atoms with E-state index in [1.54, 1.807) is 30.2 Å². The molecule has 0 atom stereocenters. The van der Waals surface area contributed by atoms with Crippen LogP contribution < -0.4 is 10.6 Å². The van der Waals surface area contributed by atoms with Gasteiger partial charge in [0, 0.05) is 50.5 Å². The Balaban J connectivity index is 1.92. The van der Waals surface area contributed by atoms with Crippen molar-refractivity contribution in [3.05, 3.63) is 94.1 Å². The predicted octanol–water partition coefficient (Wildman–Crippen LogP) is 4.08. The molecule has 1 heterocycles. The molecule has 36 heavy (non-hydrogen) atoms. The van der Waals surface area contributed by atoms with Crippen LogP contribution in [-0.2, 0) is 37.0 Å². The van der Waals surface area contributed by atoms with Crippen LogP contribution in [0.3, 0.4) is 0 Å². The van der Waals surface area contributed by atoms with E-state index >= 15 is 0 Å². The first-order valence-corrected chi connectivity index (χ1v) is 12.1. The number of benzene rings is 2. The zero-order chi connectivity index (χ0) is 25.9. The first-order valence-electron chi connectivity index (χ1n) is 11.7. The molecule has 2 aromatic carbocycles. The van der Waals surface area contributed by atoms with Crippen LogP contribution in [0, 0.1) is 0 Å². The molecule has 1 aliphatic heterocycles. The Morgan fingerprint density at radius 2 is 1.78 bits per heavy atom. The summed E-state index contributed by atoms with van der Waals surface area (Å²) in [7, 11) is 3.05. The molecule has 3 rings (SSSR count). The van der Waals surface area contributed by atoms with Gasteiger partial charge in [0.05, 0.1) is 6.54 Å². The van der Waals surface area contributed by atoms with Gasteiger partial charge in [-0.3, -0.25) is 9.59 Å². The van der Waals surface area contributed by atoms with Crippen LogP contribution in [0.5, 0.6) is 0 Å². The van der Waals surface area contributed by atoms with Gasteiger partial charge in [-0.2, -0.15) is 0 Å². The third-order valence-corrected chi connectivity index (χ3v) is 5.75. The molecule has 0 bridgehead atoms. The first kappa shape index (κ1) is 27.3. The summed E-state index contributed by atoms with van der Waals surface area (Å²) in [6.07, 6.45) is 1.68. The topological polar surface area (TPSA) is 89.1 Å². The molecule has 9 heteroatoms. The maximum atomic E-state index is 13.5. The van der Waals surface area contributed by atoms with E-state index in [1.165, 1.54) is 14.2 Å². The number of carbonyl (C=O) groups is 2. The molecular formula is C27H32ClN3O5. The average molecular weight is 514 g/mol. The van der Waals surface area contributed by atoms with Crippen LogP contribution in [0.25, 0.3) is 0 Å². The van der Waals surface area contributed by atoms with Crippen LogP contribution in [0.15, 0.2) is 78.0 Å². The summed E-state index contributed by atoms with van der Waals surface area (Å²) in [5, 5.41) is 6.44. The number of ether oxygens (including phenoxy) is 3. The summed E-state index contributed by atoms with van der Waals surface area (Å²) in [5.74, 6) is -0.0316. The van der Waals surface area contributed by atoms with Gasteiger partial charge in [0.2, 0.25) is 5.91 Å². The van der Waals surface area contributed by atoms with Gasteiger partial charge in [0.25, 0.3) is 5.91 Å². The zero-order valence-corrected chi connectivity index (χ0v) is 21.5. The van der Waals surface area contributed by atoms with E-state index in [-0.39, 0.29) is 37.9 Å². The van der Waals surface area contributed by atoms with Crippen LogP contribution in [0.2, 0.25) is 5.02 Å². The highest BCUT2D eigenvalue weighted by molar-refractivity contribution is 6.30. The number of carbonyl (C=O) groups excluding carboxylic acids is 2. The summed E-state index contributed by atoms with van der Waals surface area (Å²) >= 11 is 6.09. The lowest BCUT2D eigenvalue weighted by atomic mass is 10.1. The Kier molecular flexibility index (Phi) is 10.4. The van der Waals surface area contributed by atoms with E-state index in [0.717, 1.165) is 11.1 Å². The monoisotopic (exact) mass is 513 g/mol. The van der Waals surface area contributed by atoms with Gasteiger partial charge in [0.15, 0.2) is 6.29 Å². The lowest BCUT2D eigenvalue weighted by Gasteiger charge is -2.32. The van der Waals surface area contributed by atoms with Crippen LogP contribution in [0.1, 0.15) is 30.9 Å². The van der Waals surface area contributed by atoms with Crippen molar-refractivity contribution in [2.75, 3.05) is 20.8 Å². The van der Waals surface area contributed by atoms with Crippen molar-refractivity contribution in [1.29, 1.82) is 0 Å². The molecule has 0 saturated heterocycles. The fourth-order valence-electron chi connectivity index (χ4n) is 3.64. The molecule has 0 saturated carbocycles. The van der Waals surface area contributed by atoms with Crippen molar-refractivity contribution in [2.45, 2.75) is 39.2 Å². The van der Waals surface area contributed by atoms with Gasteiger partial charge in [0.1, 0.15) is 18.1 Å². The molecule has 8 nitrogen and oxygen atoms in total. The standard InChI is InChI=1S/C27H32ClN3O5/c1-4-24(32)30-22-14-23(36-18-19-9-6-5-7-10-19)26(31(16-22)17-25(34-2)35-3)27(33)29-15-20-11-8-12-21(28)13-20/h5-13,16,25H,4,14-15,17-18H2,1-3H3,(H,29,33)(H,30,32). The van der Waals surface area contributed by atoms with Gasteiger partial charge in [-0.15, -0.1) is 0 Å². The number of rotatable bonds is 12. The number of halogens is 1. The summed E-state index contributed by atoms with van der Waals surface area (Å²) in [6.45, 7) is 2.53. The van der Waals surface area contributed by atoms with Crippen molar-refractivity contribution in [2.24, 2.45) is 0 Å². The zero-order valence-electron chi connectivity index (χ0n) is 20.8. The maximum absolute atomic E-state index is 13.5. The minimum atomic E-state index is -0.617. The SMILES string of the molecule is CCC(=O)NC1=CN(CC(OC)OC)C(C(=O)NCc2cccc(Cl)c2)=C(OCc2ccccc2)C1. The molecule has 1 aliphatic rings. The molecule has 0 radical (unpaired) electrons. The number of methoxy groups -OCH3 is 2. The normalized spacial score (nSPS) is 13.5. The average Bonchev–Trinajstić information content (AvgIpc) is 2.89. The molecule has 2 aromatic rings. The fraction of sp³-hybridized carbons (Fsp3) is 0.333. The quantitative estimate of drug-likeness (QED) is 0.416. The van der Waals surface area contributed by atoms with Gasteiger partial charge in [-0.05, 0) is 23.3 Å². The van der Waals surface area contributed by atoms with E-state index in [0.29, 0.717) is 28.6 Å². The van der Waals surface area contributed by atoms with E-state index < -0.39 is 6.29 Å². The van der Waals surface area contributed by atoms with E-state index in [1.807, 2.05) is 42.5 Å². The van der Waals surface area contributed by atoms with E-state index in [9.17, 15) is 9.59 Å². The molecule has 0 aromatic heterocycles. The van der Waals surface area contributed by atoms with Gasteiger partial charge >= 0.3 is 0 Å². The third kappa shape index (κ3) is 7.84. The van der Waals surface area contributed by atoms with Gasteiger partial charge in [-0.1, -0.05) is 61.0 Å². The molecule has 0 spiro atoms. The minimum absolute atomic E-state index is 0.132. The van der Waals surface area contributed by atoms with E-state index in [2.05, 4.69) is 10.6 Å². The first-order chi connectivity index (χ1) is 17.4. The molecule has 2 N–H and O–H groups in total. The van der Waals surface area contributed by atoms with Gasteiger partial charge in [-0.25, -0.2) is 0 Å². The van der Waals surface area contributed by atoms with Crippen LogP contribution in [-0.4, -0.2) is 43.8 Å². The summed E-state index contributed by atoms with van der Waals surface area (Å²) in [5.41, 5.74) is 2.75. The van der Waals surface area contributed by atoms with Gasteiger partial charge < -0.3 is 29.7 Å². The van der Waals surface area contributed by atoms with E-state index in [4.69, 9.17) is 25.8 Å². The number of hydrogen-bond donors (Lipinski definition) is 2. The summed E-state index contributed by atoms with van der Waals surface area (Å²) in [4.78, 5) is 27.3. The maximum Gasteiger partial charge on any atom is 0.271 e. The highest BCUT2D eigenvalue weighted by atomic mass is 35.5. The predicted molar refractivity (Wildman–Crippen MR) is 137 cm³/mol. The lowest BCUT2D eigenvalue weighted by molar-refractivity contribution is -0.123.